The SMILES string of the molecule is CC/C=C(\C)C(=O)OC(N)CCC. The van der Waals surface area contributed by atoms with E-state index in [4.69, 9.17) is 10.5 Å². The molecule has 0 aliphatic carbocycles. The lowest BCUT2D eigenvalue weighted by atomic mass is 10.2. The van der Waals surface area contributed by atoms with Crippen LogP contribution in [0, 0.1) is 0 Å². The molecule has 0 aromatic rings. The minimum atomic E-state index is -0.460. The van der Waals surface area contributed by atoms with Crippen molar-refractivity contribution in [3.63, 3.8) is 0 Å². The van der Waals surface area contributed by atoms with Gasteiger partial charge in [0.15, 0.2) is 6.23 Å². The van der Waals surface area contributed by atoms with Gasteiger partial charge in [-0.05, 0) is 19.8 Å². The third-order valence-electron chi connectivity index (χ3n) is 1.66. The molecule has 0 amide bonds. The van der Waals surface area contributed by atoms with E-state index in [1.807, 2.05) is 19.9 Å². The highest BCUT2D eigenvalue weighted by atomic mass is 16.6. The predicted octanol–water partition coefficient (Wildman–Crippen LogP) is 1.97. The highest BCUT2D eigenvalue weighted by Crippen LogP contribution is 2.02. The van der Waals surface area contributed by atoms with Crippen LogP contribution in [0.1, 0.15) is 40.0 Å². The summed E-state index contributed by atoms with van der Waals surface area (Å²) in [4.78, 5) is 11.2. The monoisotopic (exact) mass is 185 g/mol. The fraction of sp³-hybridized carbons (Fsp3) is 0.700. The number of ether oxygens (including phenoxy) is 1. The molecular weight excluding hydrogens is 166 g/mol. The number of hydrogen-bond donors (Lipinski definition) is 1. The van der Waals surface area contributed by atoms with Crippen molar-refractivity contribution in [1.29, 1.82) is 0 Å². The van der Waals surface area contributed by atoms with Crippen LogP contribution in [0.15, 0.2) is 11.6 Å². The van der Waals surface area contributed by atoms with E-state index in [1.54, 1.807) is 6.92 Å². The summed E-state index contributed by atoms with van der Waals surface area (Å²) >= 11 is 0. The molecule has 2 N–H and O–H groups in total. The van der Waals surface area contributed by atoms with Gasteiger partial charge in [0, 0.05) is 5.57 Å². The number of rotatable bonds is 5. The molecule has 0 radical (unpaired) electrons. The summed E-state index contributed by atoms with van der Waals surface area (Å²) in [5.74, 6) is -0.303. The Morgan fingerprint density at radius 2 is 2.15 bits per heavy atom. The summed E-state index contributed by atoms with van der Waals surface area (Å²) < 4.78 is 4.98. The van der Waals surface area contributed by atoms with E-state index in [-0.39, 0.29) is 5.97 Å². The van der Waals surface area contributed by atoms with Gasteiger partial charge in [-0.1, -0.05) is 26.3 Å². The smallest absolute Gasteiger partial charge is 0.334 e. The van der Waals surface area contributed by atoms with Gasteiger partial charge in [0.1, 0.15) is 0 Å². The Hall–Kier alpha value is -0.830. The van der Waals surface area contributed by atoms with E-state index in [1.165, 1.54) is 0 Å². The van der Waals surface area contributed by atoms with Gasteiger partial charge < -0.3 is 4.74 Å². The molecule has 0 spiro atoms. The second-order valence-corrected chi connectivity index (χ2v) is 3.03. The van der Waals surface area contributed by atoms with Gasteiger partial charge in [-0.2, -0.15) is 0 Å². The van der Waals surface area contributed by atoms with Crippen molar-refractivity contribution in [2.45, 2.75) is 46.3 Å². The Labute approximate surface area is 79.9 Å². The highest BCUT2D eigenvalue weighted by molar-refractivity contribution is 5.87. The Morgan fingerprint density at radius 1 is 1.54 bits per heavy atom. The summed E-state index contributed by atoms with van der Waals surface area (Å²) in [6.45, 7) is 5.72. The molecule has 0 aliphatic rings. The first kappa shape index (κ1) is 12.2. The third-order valence-corrected chi connectivity index (χ3v) is 1.66. The van der Waals surface area contributed by atoms with E-state index < -0.39 is 6.23 Å². The highest BCUT2D eigenvalue weighted by Gasteiger charge is 2.09. The number of hydrogen-bond acceptors (Lipinski definition) is 3. The molecule has 13 heavy (non-hydrogen) atoms. The minimum absolute atomic E-state index is 0.303. The van der Waals surface area contributed by atoms with Crippen LogP contribution in [-0.4, -0.2) is 12.2 Å². The maximum Gasteiger partial charge on any atom is 0.334 e. The van der Waals surface area contributed by atoms with E-state index in [9.17, 15) is 4.79 Å². The molecule has 0 aromatic heterocycles. The maximum absolute atomic E-state index is 11.2. The van der Waals surface area contributed by atoms with Crippen LogP contribution in [0.2, 0.25) is 0 Å². The molecule has 3 heteroatoms. The molecule has 0 bridgehead atoms. The summed E-state index contributed by atoms with van der Waals surface area (Å²) in [7, 11) is 0. The summed E-state index contributed by atoms with van der Waals surface area (Å²) in [5.41, 5.74) is 6.18. The van der Waals surface area contributed by atoms with Gasteiger partial charge in [-0.25, -0.2) is 4.79 Å². The summed E-state index contributed by atoms with van der Waals surface area (Å²) in [6.07, 6.45) is 3.85. The van der Waals surface area contributed by atoms with Gasteiger partial charge in [-0.3, -0.25) is 5.73 Å². The van der Waals surface area contributed by atoms with Crippen molar-refractivity contribution in [2.24, 2.45) is 5.73 Å². The molecule has 0 saturated carbocycles. The van der Waals surface area contributed by atoms with E-state index in [2.05, 4.69) is 0 Å². The topological polar surface area (TPSA) is 52.3 Å². The van der Waals surface area contributed by atoms with Crippen LogP contribution in [0.4, 0.5) is 0 Å². The lowest BCUT2D eigenvalue weighted by Crippen LogP contribution is -2.27. The molecule has 76 valence electrons. The average molecular weight is 185 g/mol. The Kier molecular flexibility index (Phi) is 6.24. The quantitative estimate of drug-likeness (QED) is 0.405. The first-order valence-corrected chi connectivity index (χ1v) is 4.75. The number of carbonyl (C=O) groups excluding carboxylic acids is 1. The van der Waals surface area contributed by atoms with Crippen molar-refractivity contribution in [2.75, 3.05) is 0 Å². The molecule has 1 atom stereocenters. The molecule has 0 aliphatic heterocycles. The van der Waals surface area contributed by atoms with E-state index in [0.717, 1.165) is 12.8 Å². The van der Waals surface area contributed by atoms with Gasteiger partial charge in [0.25, 0.3) is 0 Å². The third kappa shape index (κ3) is 5.42. The van der Waals surface area contributed by atoms with Crippen LogP contribution in [0.25, 0.3) is 0 Å². The fourth-order valence-corrected chi connectivity index (χ4v) is 0.963. The van der Waals surface area contributed by atoms with E-state index >= 15 is 0 Å². The first-order valence-electron chi connectivity index (χ1n) is 4.75. The lowest BCUT2D eigenvalue weighted by molar-refractivity contribution is -0.144. The van der Waals surface area contributed by atoms with Crippen molar-refractivity contribution in [1.82, 2.24) is 0 Å². The van der Waals surface area contributed by atoms with Crippen molar-refractivity contribution in [3.05, 3.63) is 11.6 Å². The van der Waals surface area contributed by atoms with Gasteiger partial charge in [0.05, 0.1) is 0 Å². The molecule has 0 heterocycles. The first-order chi connectivity index (χ1) is 6.11. The zero-order valence-corrected chi connectivity index (χ0v) is 8.67. The van der Waals surface area contributed by atoms with Gasteiger partial charge >= 0.3 is 5.97 Å². The average Bonchev–Trinajstić information content (AvgIpc) is 2.05. The standard InChI is InChI=1S/C10H19NO2/c1-4-6-8(3)10(12)13-9(11)7-5-2/h6,9H,4-5,7,11H2,1-3H3/b8-6+. The fourth-order valence-electron chi connectivity index (χ4n) is 0.963. The number of esters is 1. The van der Waals surface area contributed by atoms with Crippen LogP contribution >= 0.6 is 0 Å². The molecule has 0 saturated heterocycles. The molecule has 3 nitrogen and oxygen atoms in total. The van der Waals surface area contributed by atoms with Gasteiger partial charge in [0.2, 0.25) is 0 Å². The summed E-state index contributed by atoms with van der Waals surface area (Å²) in [5, 5.41) is 0. The molecule has 0 fully saturated rings. The van der Waals surface area contributed by atoms with Crippen molar-refractivity contribution >= 4 is 5.97 Å². The maximum atomic E-state index is 11.2. The Balaban J connectivity index is 3.92. The van der Waals surface area contributed by atoms with Crippen LogP contribution in [0.5, 0.6) is 0 Å². The Morgan fingerprint density at radius 3 is 2.62 bits per heavy atom. The number of nitrogens with two attached hydrogens (primary N) is 1. The van der Waals surface area contributed by atoms with E-state index in [0.29, 0.717) is 12.0 Å². The van der Waals surface area contributed by atoms with Crippen molar-refractivity contribution < 1.29 is 9.53 Å². The normalized spacial score (nSPS) is 14.0. The number of carbonyl (C=O) groups is 1. The second-order valence-electron chi connectivity index (χ2n) is 3.03. The van der Waals surface area contributed by atoms with Crippen LogP contribution < -0.4 is 5.73 Å². The lowest BCUT2D eigenvalue weighted by Gasteiger charge is -2.11. The molecular formula is C10H19NO2. The van der Waals surface area contributed by atoms with Crippen LogP contribution in [-0.2, 0) is 9.53 Å². The second kappa shape index (κ2) is 6.66. The molecule has 1 unspecified atom stereocenters. The molecule has 0 rings (SSSR count). The minimum Gasteiger partial charge on any atom is -0.443 e. The molecule has 0 aromatic carbocycles. The largest absolute Gasteiger partial charge is 0.443 e. The number of allylic oxidation sites excluding steroid dienone is 1. The van der Waals surface area contributed by atoms with Gasteiger partial charge in [-0.15, -0.1) is 0 Å². The Bertz CT molecular complexity index is 187. The zero-order chi connectivity index (χ0) is 10.3. The zero-order valence-electron chi connectivity index (χ0n) is 8.67. The van der Waals surface area contributed by atoms with Crippen molar-refractivity contribution in [3.8, 4) is 0 Å². The predicted molar refractivity (Wildman–Crippen MR) is 53.0 cm³/mol. The summed E-state index contributed by atoms with van der Waals surface area (Å²) in [6, 6.07) is 0. The van der Waals surface area contributed by atoms with Crippen LogP contribution in [0.3, 0.4) is 0 Å².